The van der Waals surface area contributed by atoms with Crippen LogP contribution in [-0.2, 0) is 0 Å². The smallest absolute Gasteiger partial charge is 0.322 e. The average Bonchev–Trinajstić information content (AvgIpc) is 3.12. The molecule has 0 atom stereocenters. The first-order valence-electron chi connectivity index (χ1n) is 8.67. The summed E-state index contributed by atoms with van der Waals surface area (Å²) in [5.74, 6) is 0.364. The molecule has 138 valence electrons. The third-order valence-electron chi connectivity index (χ3n) is 4.09. The lowest BCUT2D eigenvalue weighted by molar-refractivity contribution is 0.102. The Morgan fingerprint density at radius 2 is 1.57 bits per heavy atom. The first-order chi connectivity index (χ1) is 13.7. The van der Waals surface area contributed by atoms with E-state index in [2.05, 4.69) is 20.4 Å². The summed E-state index contributed by atoms with van der Waals surface area (Å²) in [6, 6.07) is 19.1. The molecule has 1 amide bonds. The van der Waals surface area contributed by atoms with E-state index >= 15 is 0 Å². The van der Waals surface area contributed by atoms with E-state index in [9.17, 15) is 4.79 Å². The van der Waals surface area contributed by atoms with Crippen LogP contribution < -0.4 is 10.1 Å². The van der Waals surface area contributed by atoms with E-state index in [1.165, 1.54) is 12.4 Å². The van der Waals surface area contributed by atoms with Gasteiger partial charge in [-0.2, -0.15) is 5.10 Å². The van der Waals surface area contributed by atoms with Gasteiger partial charge in [0.05, 0.1) is 41.2 Å². The number of benzene rings is 2. The van der Waals surface area contributed by atoms with Crippen LogP contribution in [0.3, 0.4) is 0 Å². The molecule has 1 N–H and O–H groups in total. The van der Waals surface area contributed by atoms with Gasteiger partial charge in [0.1, 0.15) is 5.75 Å². The SMILES string of the molecule is Cc1c(C(=O)Nc2cnc(Oc3ccccc3)nc2)cnn1-c1ccccc1. The maximum atomic E-state index is 12.6. The van der Waals surface area contributed by atoms with Gasteiger partial charge in [0, 0.05) is 0 Å². The van der Waals surface area contributed by atoms with Gasteiger partial charge in [0.2, 0.25) is 0 Å². The molecule has 4 rings (SSSR count). The number of rotatable bonds is 5. The number of amides is 1. The van der Waals surface area contributed by atoms with Gasteiger partial charge in [0.25, 0.3) is 5.91 Å². The van der Waals surface area contributed by atoms with Crippen LogP contribution in [0, 0.1) is 6.92 Å². The second-order valence-corrected chi connectivity index (χ2v) is 6.01. The Hall–Kier alpha value is -4.00. The summed E-state index contributed by atoms with van der Waals surface area (Å²) in [5.41, 5.74) is 2.59. The van der Waals surface area contributed by atoms with Crippen LogP contribution in [0.1, 0.15) is 16.1 Å². The van der Waals surface area contributed by atoms with Gasteiger partial charge in [-0.05, 0) is 31.2 Å². The van der Waals surface area contributed by atoms with Crippen molar-refractivity contribution >= 4 is 11.6 Å². The van der Waals surface area contributed by atoms with Crippen molar-refractivity contribution in [1.29, 1.82) is 0 Å². The Morgan fingerprint density at radius 3 is 2.25 bits per heavy atom. The summed E-state index contributed by atoms with van der Waals surface area (Å²) in [6.07, 6.45) is 4.55. The third kappa shape index (κ3) is 3.73. The molecule has 0 aliphatic rings. The summed E-state index contributed by atoms with van der Waals surface area (Å²) in [4.78, 5) is 20.9. The van der Waals surface area contributed by atoms with Crippen LogP contribution in [-0.4, -0.2) is 25.7 Å². The summed E-state index contributed by atoms with van der Waals surface area (Å²) < 4.78 is 7.27. The molecule has 7 heteroatoms. The number of para-hydroxylation sites is 2. The lowest BCUT2D eigenvalue weighted by Gasteiger charge is -2.07. The summed E-state index contributed by atoms with van der Waals surface area (Å²) in [5, 5.41) is 7.10. The molecule has 28 heavy (non-hydrogen) atoms. The van der Waals surface area contributed by atoms with Crippen molar-refractivity contribution in [2.24, 2.45) is 0 Å². The third-order valence-corrected chi connectivity index (χ3v) is 4.09. The van der Waals surface area contributed by atoms with Crippen LogP contribution >= 0.6 is 0 Å². The fourth-order valence-corrected chi connectivity index (χ4v) is 2.69. The second kappa shape index (κ2) is 7.71. The van der Waals surface area contributed by atoms with Crippen LogP contribution in [0.15, 0.2) is 79.3 Å². The molecule has 2 aromatic carbocycles. The number of nitrogens with zero attached hydrogens (tertiary/aromatic N) is 4. The van der Waals surface area contributed by atoms with Gasteiger partial charge in [-0.3, -0.25) is 4.79 Å². The average molecular weight is 371 g/mol. The molecule has 7 nitrogen and oxygen atoms in total. The Labute approximate surface area is 161 Å². The predicted molar refractivity (Wildman–Crippen MR) is 105 cm³/mol. The molecular weight excluding hydrogens is 354 g/mol. The van der Waals surface area contributed by atoms with E-state index in [0.717, 1.165) is 11.4 Å². The van der Waals surface area contributed by atoms with E-state index in [1.54, 1.807) is 10.9 Å². The first-order valence-corrected chi connectivity index (χ1v) is 8.67. The zero-order chi connectivity index (χ0) is 19.3. The normalized spacial score (nSPS) is 10.5. The molecule has 4 aromatic rings. The number of ether oxygens (including phenoxy) is 1. The number of nitrogens with one attached hydrogen (secondary N) is 1. The largest absolute Gasteiger partial charge is 0.424 e. The molecule has 0 bridgehead atoms. The highest BCUT2D eigenvalue weighted by Crippen LogP contribution is 2.18. The number of carbonyl (C=O) groups excluding carboxylic acids is 1. The van der Waals surface area contributed by atoms with Crippen molar-refractivity contribution in [3.8, 4) is 17.4 Å². The highest BCUT2D eigenvalue weighted by molar-refractivity contribution is 6.04. The fourth-order valence-electron chi connectivity index (χ4n) is 2.69. The van der Waals surface area contributed by atoms with Gasteiger partial charge in [-0.25, -0.2) is 14.6 Å². The highest BCUT2D eigenvalue weighted by Gasteiger charge is 2.15. The van der Waals surface area contributed by atoms with E-state index < -0.39 is 0 Å². The van der Waals surface area contributed by atoms with Crippen molar-refractivity contribution in [2.75, 3.05) is 5.32 Å². The van der Waals surface area contributed by atoms with Crippen molar-refractivity contribution in [3.05, 3.63) is 90.5 Å². The molecule has 0 saturated carbocycles. The molecule has 0 radical (unpaired) electrons. The molecule has 0 unspecified atom stereocenters. The number of hydrogen-bond donors (Lipinski definition) is 1. The molecule has 0 fully saturated rings. The minimum absolute atomic E-state index is 0.206. The van der Waals surface area contributed by atoms with Crippen LogP contribution in [0.4, 0.5) is 5.69 Å². The topological polar surface area (TPSA) is 81.9 Å². The summed E-state index contributed by atoms with van der Waals surface area (Å²) >= 11 is 0. The Kier molecular flexibility index (Phi) is 4.79. The van der Waals surface area contributed by atoms with Crippen molar-refractivity contribution in [1.82, 2.24) is 19.7 Å². The van der Waals surface area contributed by atoms with Crippen LogP contribution in [0.2, 0.25) is 0 Å². The van der Waals surface area contributed by atoms with Crippen molar-refractivity contribution in [2.45, 2.75) is 6.92 Å². The predicted octanol–water partition coefficient (Wildman–Crippen LogP) is 4.02. The monoisotopic (exact) mass is 371 g/mol. The lowest BCUT2D eigenvalue weighted by Crippen LogP contribution is -2.13. The summed E-state index contributed by atoms with van der Waals surface area (Å²) in [6.45, 7) is 1.85. The maximum absolute atomic E-state index is 12.6. The summed E-state index contributed by atoms with van der Waals surface area (Å²) in [7, 11) is 0. The number of anilines is 1. The van der Waals surface area contributed by atoms with Gasteiger partial charge < -0.3 is 10.1 Å². The molecule has 2 heterocycles. The van der Waals surface area contributed by atoms with Gasteiger partial charge >= 0.3 is 6.01 Å². The Morgan fingerprint density at radius 1 is 0.929 bits per heavy atom. The number of carbonyl (C=O) groups is 1. The Bertz CT molecular complexity index is 1080. The van der Waals surface area contributed by atoms with Crippen molar-refractivity contribution < 1.29 is 9.53 Å². The zero-order valence-electron chi connectivity index (χ0n) is 15.1. The molecule has 2 aromatic heterocycles. The minimum Gasteiger partial charge on any atom is -0.424 e. The fraction of sp³-hybridized carbons (Fsp3) is 0.0476. The second-order valence-electron chi connectivity index (χ2n) is 6.01. The van der Waals surface area contributed by atoms with Crippen molar-refractivity contribution in [3.63, 3.8) is 0 Å². The molecule has 0 aliphatic carbocycles. The van der Waals surface area contributed by atoms with Gasteiger partial charge in [0.15, 0.2) is 0 Å². The van der Waals surface area contributed by atoms with Gasteiger partial charge in [-0.15, -0.1) is 0 Å². The molecular formula is C21H17N5O2. The number of hydrogen-bond acceptors (Lipinski definition) is 5. The van der Waals surface area contributed by atoms with E-state index in [-0.39, 0.29) is 11.9 Å². The number of aromatic nitrogens is 4. The standard InChI is InChI=1S/C21H17N5O2/c1-15-19(14-24-26(15)17-8-4-2-5-9-17)20(27)25-16-12-22-21(23-13-16)28-18-10-6-3-7-11-18/h2-14H,1H3,(H,25,27). The Balaban J connectivity index is 1.46. The maximum Gasteiger partial charge on any atom is 0.322 e. The lowest BCUT2D eigenvalue weighted by atomic mass is 10.2. The van der Waals surface area contributed by atoms with Gasteiger partial charge in [-0.1, -0.05) is 36.4 Å². The van der Waals surface area contributed by atoms with E-state index in [0.29, 0.717) is 17.0 Å². The van der Waals surface area contributed by atoms with Crippen LogP contribution in [0.25, 0.3) is 5.69 Å². The van der Waals surface area contributed by atoms with Crippen LogP contribution in [0.5, 0.6) is 11.8 Å². The van der Waals surface area contributed by atoms with E-state index in [4.69, 9.17) is 4.74 Å². The minimum atomic E-state index is -0.278. The molecule has 0 aliphatic heterocycles. The first kappa shape index (κ1) is 17.4. The quantitative estimate of drug-likeness (QED) is 0.573. The molecule has 0 spiro atoms. The molecule has 0 saturated heterocycles. The highest BCUT2D eigenvalue weighted by atomic mass is 16.5. The van der Waals surface area contributed by atoms with E-state index in [1.807, 2.05) is 67.6 Å². The zero-order valence-corrected chi connectivity index (χ0v) is 15.1.